The lowest BCUT2D eigenvalue weighted by molar-refractivity contribution is 0.112. The van der Waals surface area contributed by atoms with Crippen LogP contribution < -0.4 is 5.90 Å². The molecule has 0 aliphatic carbocycles. The van der Waals surface area contributed by atoms with Crippen LogP contribution in [0.3, 0.4) is 0 Å². The van der Waals surface area contributed by atoms with Crippen molar-refractivity contribution in [2.24, 2.45) is 5.90 Å². The first-order valence-electron chi connectivity index (χ1n) is 4.14. The van der Waals surface area contributed by atoms with Crippen LogP contribution in [0.25, 0.3) is 0 Å². The van der Waals surface area contributed by atoms with Gasteiger partial charge in [-0.2, -0.15) is 0 Å². The van der Waals surface area contributed by atoms with Crippen molar-refractivity contribution < 1.29 is 9.63 Å². The van der Waals surface area contributed by atoms with Gasteiger partial charge in [0.15, 0.2) is 0 Å². The van der Waals surface area contributed by atoms with Crippen LogP contribution in [0.2, 0.25) is 0 Å². The lowest BCUT2D eigenvalue weighted by atomic mass is 10.0. The highest BCUT2D eigenvalue weighted by atomic mass is 16.6. The molecule has 0 radical (unpaired) electrons. The molecule has 0 amide bonds. The van der Waals surface area contributed by atoms with Crippen molar-refractivity contribution in [3.63, 3.8) is 0 Å². The first kappa shape index (κ1) is 9.89. The van der Waals surface area contributed by atoms with Crippen LogP contribution >= 0.6 is 0 Å². The van der Waals surface area contributed by atoms with E-state index in [9.17, 15) is 4.79 Å². The molecule has 0 saturated heterocycles. The van der Waals surface area contributed by atoms with Crippen LogP contribution in [0.1, 0.15) is 21.5 Å². The Morgan fingerprint density at radius 1 is 1.54 bits per heavy atom. The Hall–Kier alpha value is -1.19. The Kier molecular flexibility index (Phi) is 3.61. The minimum atomic E-state index is 0.434. The fourth-order valence-electron chi connectivity index (χ4n) is 1.22. The van der Waals surface area contributed by atoms with E-state index in [-0.39, 0.29) is 0 Å². The van der Waals surface area contributed by atoms with E-state index in [4.69, 9.17) is 5.90 Å². The van der Waals surface area contributed by atoms with Gasteiger partial charge in [-0.05, 0) is 25.0 Å². The summed E-state index contributed by atoms with van der Waals surface area (Å²) in [7, 11) is 0. The normalized spacial score (nSPS) is 10.0. The average molecular weight is 179 g/mol. The summed E-state index contributed by atoms with van der Waals surface area (Å²) in [5, 5.41) is 0. The molecule has 0 unspecified atom stereocenters. The number of aryl methyl sites for hydroxylation is 1. The molecule has 2 N–H and O–H groups in total. The third kappa shape index (κ3) is 2.65. The Labute approximate surface area is 77.5 Å². The summed E-state index contributed by atoms with van der Waals surface area (Å²) in [4.78, 5) is 15.1. The second kappa shape index (κ2) is 4.74. The van der Waals surface area contributed by atoms with E-state index >= 15 is 0 Å². The first-order chi connectivity index (χ1) is 6.27. The molecule has 0 aliphatic heterocycles. The van der Waals surface area contributed by atoms with Crippen molar-refractivity contribution in [3.05, 3.63) is 34.9 Å². The summed E-state index contributed by atoms with van der Waals surface area (Å²) in [6.07, 6.45) is 1.53. The van der Waals surface area contributed by atoms with Gasteiger partial charge in [-0.25, -0.2) is 5.90 Å². The van der Waals surface area contributed by atoms with Gasteiger partial charge in [-0.15, -0.1) is 0 Å². The number of nitrogens with two attached hydrogens (primary N) is 1. The fraction of sp³-hybridized carbons (Fsp3) is 0.300. The number of benzene rings is 1. The van der Waals surface area contributed by atoms with Gasteiger partial charge in [0, 0.05) is 5.56 Å². The van der Waals surface area contributed by atoms with Crippen LogP contribution in [-0.2, 0) is 11.3 Å². The summed E-state index contributed by atoms with van der Waals surface area (Å²) >= 11 is 0. The molecule has 0 saturated carbocycles. The van der Waals surface area contributed by atoms with E-state index in [1.165, 1.54) is 0 Å². The molecular weight excluding hydrogens is 166 g/mol. The monoisotopic (exact) mass is 179 g/mol. The zero-order valence-electron chi connectivity index (χ0n) is 7.62. The third-order valence-electron chi connectivity index (χ3n) is 1.92. The van der Waals surface area contributed by atoms with E-state index in [0.717, 1.165) is 23.0 Å². The summed E-state index contributed by atoms with van der Waals surface area (Å²) in [6.45, 7) is 2.39. The molecule has 1 aromatic rings. The van der Waals surface area contributed by atoms with Crippen molar-refractivity contribution >= 4 is 6.29 Å². The smallest absolute Gasteiger partial charge is 0.150 e. The molecule has 13 heavy (non-hydrogen) atoms. The molecule has 3 heteroatoms. The molecule has 0 spiro atoms. The second-order valence-electron chi connectivity index (χ2n) is 2.94. The third-order valence-corrected chi connectivity index (χ3v) is 1.92. The molecule has 0 atom stereocenters. The molecule has 1 aromatic carbocycles. The van der Waals surface area contributed by atoms with Gasteiger partial charge in [0.05, 0.1) is 6.61 Å². The Morgan fingerprint density at radius 3 is 2.92 bits per heavy atom. The quantitative estimate of drug-likeness (QED) is 0.559. The minimum absolute atomic E-state index is 0.434. The number of aldehydes is 1. The molecule has 0 bridgehead atoms. The number of hydrogen-bond donors (Lipinski definition) is 1. The lowest BCUT2D eigenvalue weighted by Crippen LogP contribution is -2.05. The summed E-state index contributed by atoms with van der Waals surface area (Å²) in [5.74, 6) is 4.91. The maximum Gasteiger partial charge on any atom is 0.150 e. The van der Waals surface area contributed by atoms with Crippen molar-refractivity contribution in [2.75, 3.05) is 6.61 Å². The largest absolute Gasteiger partial charge is 0.304 e. The van der Waals surface area contributed by atoms with Crippen LogP contribution in [-0.4, -0.2) is 12.9 Å². The highest BCUT2D eigenvalue weighted by Crippen LogP contribution is 2.10. The summed E-state index contributed by atoms with van der Waals surface area (Å²) in [5.41, 5.74) is 2.78. The van der Waals surface area contributed by atoms with E-state index in [0.29, 0.717) is 13.0 Å². The van der Waals surface area contributed by atoms with Crippen molar-refractivity contribution in [3.8, 4) is 0 Å². The standard InChI is InChI=1S/C10H13NO2/c1-8-2-3-9(4-5-13-11)10(6-8)7-12/h2-3,6-7H,4-5,11H2,1H3. The predicted octanol–water partition coefficient (Wildman–Crippen LogP) is 1.24. The molecule has 3 nitrogen and oxygen atoms in total. The van der Waals surface area contributed by atoms with E-state index < -0.39 is 0 Å². The fourth-order valence-corrected chi connectivity index (χ4v) is 1.22. The van der Waals surface area contributed by atoms with Crippen molar-refractivity contribution in [2.45, 2.75) is 13.3 Å². The lowest BCUT2D eigenvalue weighted by Gasteiger charge is -2.04. The van der Waals surface area contributed by atoms with Gasteiger partial charge >= 0.3 is 0 Å². The maximum absolute atomic E-state index is 10.7. The zero-order chi connectivity index (χ0) is 9.68. The minimum Gasteiger partial charge on any atom is -0.304 e. The predicted molar refractivity (Wildman–Crippen MR) is 50.4 cm³/mol. The molecule has 1 rings (SSSR count). The molecule has 0 fully saturated rings. The van der Waals surface area contributed by atoms with E-state index in [2.05, 4.69) is 4.84 Å². The zero-order valence-corrected chi connectivity index (χ0v) is 7.62. The van der Waals surface area contributed by atoms with Gasteiger partial charge in [-0.3, -0.25) is 4.79 Å². The van der Waals surface area contributed by atoms with Gasteiger partial charge in [0.1, 0.15) is 6.29 Å². The van der Waals surface area contributed by atoms with Gasteiger partial charge in [0.2, 0.25) is 0 Å². The Morgan fingerprint density at radius 2 is 2.31 bits per heavy atom. The first-order valence-corrected chi connectivity index (χ1v) is 4.14. The highest BCUT2D eigenvalue weighted by Gasteiger charge is 2.00. The van der Waals surface area contributed by atoms with Gasteiger partial charge in [0.25, 0.3) is 0 Å². The van der Waals surface area contributed by atoms with Crippen molar-refractivity contribution in [1.29, 1.82) is 0 Å². The van der Waals surface area contributed by atoms with Crippen LogP contribution in [0.4, 0.5) is 0 Å². The topological polar surface area (TPSA) is 52.3 Å². The molecule has 70 valence electrons. The molecule has 0 heterocycles. The van der Waals surface area contributed by atoms with Gasteiger partial charge in [-0.1, -0.05) is 17.7 Å². The number of carbonyl (C=O) groups is 1. The number of carbonyl (C=O) groups excluding carboxylic acids is 1. The molecular formula is C10H13NO2. The maximum atomic E-state index is 10.7. The van der Waals surface area contributed by atoms with Crippen LogP contribution in [0.5, 0.6) is 0 Å². The average Bonchev–Trinajstić information content (AvgIpc) is 2.16. The van der Waals surface area contributed by atoms with E-state index in [1.54, 1.807) is 0 Å². The van der Waals surface area contributed by atoms with Gasteiger partial charge < -0.3 is 4.84 Å². The molecule has 0 aromatic heterocycles. The number of hydrogen-bond acceptors (Lipinski definition) is 3. The Balaban J connectivity index is 2.86. The number of rotatable bonds is 4. The summed E-state index contributed by atoms with van der Waals surface area (Å²) in [6, 6.07) is 5.76. The SMILES string of the molecule is Cc1ccc(CCON)c(C=O)c1. The molecule has 0 aliphatic rings. The van der Waals surface area contributed by atoms with Crippen molar-refractivity contribution in [1.82, 2.24) is 0 Å². The van der Waals surface area contributed by atoms with E-state index in [1.807, 2.05) is 25.1 Å². The second-order valence-corrected chi connectivity index (χ2v) is 2.94. The van der Waals surface area contributed by atoms with Crippen LogP contribution in [0.15, 0.2) is 18.2 Å². The summed E-state index contributed by atoms with van der Waals surface area (Å²) < 4.78 is 0. The van der Waals surface area contributed by atoms with Crippen LogP contribution in [0, 0.1) is 6.92 Å². The Bertz CT molecular complexity index is 297. The highest BCUT2D eigenvalue weighted by molar-refractivity contribution is 5.77.